The van der Waals surface area contributed by atoms with Crippen LogP contribution in [-0.4, -0.2) is 83.0 Å². The number of nitrogens with one attached hydrogen (secondary N) is 2. The molecule has 30 heavy (non-hydrogen) atoms. The van der Waals surface area contributed by atoms with E-state index in [-0.39, 0.29) is 19.6 Å². The van der Waals surface area contributed by atoms with Crippen LogP contribution in [0.1, 0.15) is 27.2 Å². The van der Waals surface area contributed by atoms with Gasteiger partial charge < -0.3 is 34.3 Å². The van der Waals surface area contributed by atoms with Crippen molar-refractivity contribution in [2.45, 2.75) is 38.8 Å². The molecule has 9 heteroatoms. The summed E-state index contributed by atoms with van der Waals surface area (Å²) in [6, 6.07) is -0.870. The van der Waals surface area contributed by atoms with E-state index in [1.165, 1.54) is 0 Å². The normalized spacial score (nSPS) is 11.8. The van der Waals surface area contributed by atoms with Gasteiger partial charge >= 0.3 is 6.09 Å². The molecule has 0 aliphatic heterocycles. The van der Waals surface area contributed by atoms with E-state index in [9.17, 15) is 9.59 Å². The Morgan fingerprint density at radius 1 is 0.867 bits per heavy atom. The van der Waals surface area contributed by atoms with Crippen LogP contribution in [0.5, 0.6) is 0 Å². The van der Waals surface area contributed by atoms with Gasteiger partial charge in [-0.1, -0.05) is 5.92 Å². The third-order valence-electron chi connectivity index (χ3n) is 3.18. The van der Waals surface area contributed by atoms with Gasteiger partial charge in [0.05, 0.1) is 46.2 Å². The van der Waals surface area contributed by atoms with Crippen LogP contribution in [0.15, 0.2) is 0 Å². The topological polar surface area (TPSA) is 104 Å². The molecule has 0 radical (unpaired) electrons. The van der Waals surface area contributed by atoms with Gasteiger partial charge in [0, 0.05) is 13.0 Å². The molecule has 0 saturated heterocycles. The number of hydrogen-bond donors (Lipinski definition) is 2. The zero-order chi connectivity index (χ0) is 22.7. The van der Waals surface area contributed by atoms with E-state index in [1.807, 2.05) is 0 Å². The molecule has 0 bridgehead atoms. The Morgan fingerprint density at radius 2 is 1.40 bits per heavy atom. The number of carbonyl (C=O) groups is 2. The zero-order valence-electron chi connectivity index (χ0n) is 18.2. The molecule has 0 rings (SSSR count). The molecule has 170 valence electrons. The van der Waals surface area contributed by atoms with Crippen LogP contribution >= 0.6 is 0 Å². The highest BCUT2D eigenvalue weighted by atomic mass is 16.6. The highest BCUT2D eigenvalue weighted by Gasteiger charge is 2.23. The van der Waals surface area contributed by atoms with Crippen molar-refractivity contribution >= 4 is 12.0 Å². The minimum atomic E-state index is -0.870. The standard InChI is InChI=1S/C21H34N2O7/c1-6-8-18(23-20(25)30-21(3,4)5)19(24)22-9-11-27-13-15-29-17-16-28-14-12-26-10-7-2/h1-2,18H,8-17H2,3-5H3,(H,22,24)(H,23,25)/t18-/m0/s1. The van der Waals surface area contributed by atoms with E-state index < -0.39 is 23.6 Å². The molecule has 0 aromatic heterocycles. The summed E-state index contributed by atoms with van der Waals surface area (Å²) in [4.78, 5) is 24.0. The molecule has 0 fully saturated rings. The van der Waals surface area contributed by atoms with Gasteiger partial charge in [-0.05, 0) is 20.8 Å². The van der Waals surface area contributed by atoms with Gasteiger partial charge in [-0.2, -0.15) is 0 Å². The largest absolute Gasteiger partial charge is 0.444 e. The van der Waals surface area contributed by atoms with Crippen molar-refractivity contribution in [1.82, 2.24) is 10.6 Å². The third kappa shape index (κ3) is 17.8. The maximum Gasteiger partial charge on any atom is 0.408 e. The Morgan fingerprint density at radius 3 is 1.90 bits per heavy atom. The molecule has 0 aromatic rings. The lowest BCUT2D eigenvalue weighted by Crippen LogP contribution is -2.48. The minimum Gasteiger partial charge on any atom is -0.444 e. The van der Waals surface area contributed by atoms with Crippen molar-refractivity contribution in [3.8, 4) is 24.7 Å². The van der Waals surface area contributed by atoms with E-state index >= 15 is 0 Å². The lowest BCUT2D eigenvalue weighted by Gasteiger charge is -2.22. The third-order valence-corrected chi connectivity index (χ3v) is 3.18. The molecule has 0 heterocycles. The summed E-state index contributed by atoms with van der Waals surface area (Å²) in [5, 5.41) is 5.13. The number of hydrogen-bond acceptors (Lipinski definition) is 7. The fraction of sp³-hybridized carbons (Fsp3) is 0.714. The lowest BCUT2D eigenvalue weighted by molar-refractivity contribution is -0.123. The molecule has 0 spiro atoms. The molecule has 0 unspecified atom stereocenters. The van der Waals surface area contributed by atoms with Gasteiger partial charge in [-0.3, -0.25) is 4.79 Å². The van der Waals surface area contributed by atoms with Crippen molar-refractivity contribution in [3.63, 3.8) is 0 Å². The molecule has 0 aliphatic rings. The minimum absolute atomic E-state index is 0.0535. The van der Waals surface area contributed by atoms with Crippen molar-refractivity contribution in [1.29, 1.82) is 0 Å². The molecular weight excluding hydrogens is 392 g/mol. The smallest absolute Gasteiger partial charge is 0.408 e. The van der Waals surface area contributed by atoms with Crippen molar-refractivity contribution in [3.05, 3.63) is 0 Å². The van der Waals surface area contributed by atoms with Crippen LogP contribution in [0.2, 0.25) is 0 Å². The van der Waals surface area contributed by atoms with Crippen LogP contribution in [0.25, 0.3) is 0 Å². The summed E-state index contributed by atoms with van der Waals surface area (Å²) in [5.41, 5.74) is -0.667. The van der Waals surface area contributed by atoms with Crippen molar-refractivity contribution in [2.75, 3.05) is 59.4 Å². The fourth-order valence-electron chi connectivity index (χ4n) is 1.94. The molecule has 0 aromatic carbocycles. The summed E-state index contributed by atoms with van der Waals surface area (Å²) in [6.07, 6.45) is 9.67. The highest BCUT2D eigenvalue weighted by Crippen LogP contribution is 2.07. The van der Waals surface area contributed by atoms with Gasteiger partial charge in [0.15, 0.2) is 0 Å². The number of terminal acetylenes is 2. The molecule has 0 saturated carbocycles. The highest BCUT2D eigenvalue weighted by molar-refractivity contribution is 5.85. The van der Waals surface area contributed by atoms with Crippen molar-refractivity contribution in [2.24, 2.45) is 0 Å². The maximum absolute atomic E-state index is 12.2. The van der Waals surface area contributed by atoms with Crippen LogP contribution in [0, 0.1) is 24.7 Å². The average molecular weight is 427 g/mol. The number of rotatable bonds is 16. The molecule has 2 amide bonds. The fourth-order valence-corrected chi connectivity index (χ4v) is 1.94. The molecule has 0 aliphatic carbocycles. The summed E-state index contributed by atoms with van der Waals surface area (Å²) in [5.74, 6) is 4.33. The van der Waals surface area contributed by atoms with E-state index in [1.54, 1.807) is 20.8 Å². The monoisotopic (exact) mass is 426 g/mol. The van der Waals surface area contributed by atoms with Gasteiger partial charge in [-0.15, -0.1) is 18.8 Å². The van der Waals surface area contributed by atoms with E-state index in [0.717, 1.165) is 0 Å². The lowest BCUT2D eigenvalue weighted by atomic mass is 10.2. The van der Waals surface area contributed by atoms with Gasteiger partial charge in [0.2, 0.25) is 5.91 Å². The second-order valence-electron chi connectivity index (χ2n) is 6.99. The second kappa shape index (κ2) is 17.5. The first-order valence-electron chi connectivity index (χ1n) is 9.75. The Labute approximate surface area is 179 Å². The Hall–Kier alpha value is -2.30. The van der Waals surface area contributed by atoms with E-state index in [0.29, 0.717) is 46.2 Å². The molecule has 2 N–H and O–H groups in total. The van der Waals surface area contributed by atoms with Gasteiger partial charge in [-0.25, -0.2) is 4.79 Å². The van der Waals surface area contributed by atoms with Crippen LogP contribution in [0.3, 0.4) is 0 Å². The van der Waals surface area contributed by atoms with Crippen LogP contribution in [-0.2, 0) is 28.5 Å². The zero-order valence-corrected chi connectivity index (χ0v) is 18.2. The molecule has 1 atom stereocenters. The second-order valence-corrected chi connectivity index (χ2v) is 6.99. The Kier molecular flexibility index (Phi) is 16.2. The van der Waals surface area contributed by atoms with Crippen LogP contribution in [0.4, 0.5) is 4.79 Å². The number of amides is 2. The summed E-state index contributed by atoms with van der Waals surface area (Å²) in [7, 11) is 0. The SMILES string of the molecule is C#CCOCCOCCOCCOCCNC(=O)[C@H](CC#C)NC(=O)OC(C)(C)C. The number of alkyl carbamates (subject to hydrolysis) is 1. The first-order valence-corrected chi connectivity index (χ1v) is 9.75. The Bertz CT molecular complexity index is 561. The quantitative estimate of drug-likeness (QED) is 0.277. The molecular formula is C21H34N2O7. The Balaban J connectivity index is 3.73. The number of ether oxygens (including phenoxy) is 5. The number of carbonyl (C=O) groups excluding carboxylic acids is 2. The van der Waals surface area contributed by atoms with E-state index in [2.05, 4.69) is 22.5 Å². The van der Waals surface area contributed by atoms with Crippen molar-refractivity contribution < 1.29 is 33.3 Å². The first kappa shape index (κ1) is 27.7. The summed E-state index contributed by atoms with van der Waals surface area (Å²) in [6.45, 7) is 8.65. The summed E-state index contributed by atoms with van der Waals surface area (Å²) >= 11 is 0. The first-order chi connectivity index (χ1) is 14.3. The van der Waals surface area contributed by atoms with Gasteiger partial charge in [0.25, 0.3) is 0 Å². The predicted octanol–water partition coefficient (Wildman–Crippen LogP) is 0.719. The van der Waals surface area contributed by atoms with E-state index in [4.69, 9.17) is 36.5 Å². The maximum atomic E-state index is 12.2. The van der Waals surface area contributed by atoms with Gasteiger partial charge in [0.1, 0.15) is 18.2 Å². The van der Waals surface area contributed by atoms with Crippen LogP contribution < -0.4 is 10.6 Å². The molecule has 9 nitrogen and oxygen atoms in total. The predicted molar refractivity (Wildman–Crippen MR) is 112 cm³/mol. The average Bonchev–Trinajstić information content (AvgIpc) is 2.66. The summed E-state index contributed by atoms with van der Waals surface area (Å²) < 4.78 is 26.2.